The number of nitrogens with zero attached hydrogens (tertiary/aromatic N) is 1. The Morgan fingerprint density at radius 3 is 2.41 bits per heavy atom. The Morgan fingerprint density at radius 2 is 1.81 bits per heavy atom. The third-order valence-electron chi connectivity index (χ3n) is 4.23. The number of amides is 1. The van der Waals surface area contributed by atoms with Crippen molar-refractivity contribution in [1.29, 1.82) is 0 Å². The van der Waals surface area contributed by atoms with E-state index in [1.165, 1.54) is 14.2 Å². The van der Waals surface area contributed by atoms with Gasteiger partial charge < -0.3 is 5.11 Å². The fraction of sp³-hybridized carbons (Fsp3) is 0.350. The van der Waals surface area contributed by atoms with E-state index in [-0.39, 0.29) is 24.8 Å². The summed E-state index contributed by atoms with van der Waals surface area (Å²) >= 11 is 0. The zero-order chi connectivity index (χ0) is 19.8. The molecule has 0 spiro atoms. The summed E-state index contributed by atoms with van der Waals surface area (Å²) < 4.78 is 15.8. The highest BCUT2D eigenvalue weighted by Crippen LogP contribution is 2.22. The molecule has 27 heavy (non-hydrogen) atoms. The number of nitrogens with one attached hydrogen (secondary N) is 1. The van der Waals surface area contributed by atoms with Crippen LogP contribution in [0.25, 0.3) is 0 Å². The minimum absolute atomic E-state index is 0.0769. The van der Waals surface area contributed by atoms with E-state index in [1.807, 2.05) is 61.5 Å². The molecule has 6 nitrogen and oxygen atoms in total. The van der Waals surface area contributed by atoms with Gasteiger partial charge in [0.2, 0.25) is 5.91 Å². The first-order valence-electron chi connectivity index (χ1n) is 8.69. The molecule has 0 saturated carbocycles. The van der Waals surface area contributed by atoms with Crippen LogP contribution in [-0.4, -0.2) is 40.5 Å². The standard InChI is InChI=1S/C20H26N2O4S/c1-15-9-11-18(12-10-15)27(25)21-19(16-7-5-4-6-8-16)13-17(23)14-20(24)22(2)26-3/h4-12,17,19,21,23H,13-14H2,1-3H3/t17-,19-,27?/m1/s1. The van der Waals surface area contributed by atoms with Crippen LogP contribution in [0.2, 0.25) is 0 Å². The molecule has 0 aromatic heterocycles. The molecule has 2 N–H and O–H groups in total. The van der Waals surface area contributed by atoms with E-state index in [9.17, 15) is 14.1 Å². The van der Waals surface area contributed by atoms with E-state index in [2.05, 4.69) is 4.72 Å². The number of aliphatic hydroxyl groups is 1. The van der Waals surface area contributed by atoms with E-state index in [0.29, 0.717) is 4.90 Å². The van der Waals surface area contributed by atoms with Crippen LogP contribution < -0.4 is 4.72 Å². The highest BCUT2D eigenvalue weighted by Gasteiger charge is 2.22. The maximum atomic E-state index is 12.7. The summed E-state index contributed by atoms with van der Waals surface area (Å²) in [5.74, 6) is -0.323. The van der Waals surface area contributed by atoms with Gasteiger partial charge in [-0.05, 0) is 31.0 Å². The second-order valence-corrected chi connectivity index (χ2v) is 7.57. The number of carbonyl (C=O) groups excluding carboxylic acids is 1. The van der Waals surface area contributed by atoms with Gasteiger partial charge in [-0.25, -0.2) is 14.0 Å². The van der Waals surface area contributed by atoms with Gasteiger partial charge in [-0.1, -0.05) is 48.0 Å². The van der Waals surface area contributed by atoms with Crippen LogP contribution in [0, 0.1) is 6.92 Å². The number of aliphatic hydroxyl groups excluding tert-OH is 1. The SMILES string of the molecule is CON(C)C(=O)C[C@H](O)C[C@@H](NS(=O)c1ccc(C)cc1)c1ccccc1. The lowest BCUT2D eigenvalue weighted by Gasteiger charge is -2.23. The molecule has 1 unspecified atom stereocenters. The Labute approximate surface area is 162 Å². The molecular weight excluding hydrogens is 364 g/mol. The average Bonchev–Trinajstić information content (AvgIpc) is 2.67. The highest BCUT2D eigenvalue weighted by atomic mass is 32.2. The summed E-state index contributed by atoms with van der Waals surface area (Å²) in [6.45, 7) is 1.97. The van der Waals surface area contributed by atoms with Crippen LogP contribution in [0.3, 0.4) is 0 Å². The molecule has 0 aliphatic rings. The Bertz CT molecular complexity index is 752. The Morgan fingerprint density at radius 1 is 1.19 bits per heavy atom. The van der Waals surface area contributed by atoms with Crippen molar-refractivity contribution in [3.05, 3.63) is 65.7 Å². The minimum atomic E-state index is -1.44. The molecule has 1 amide bonds. The molecular formula is C20H26N2O4S. The van der Waals surface area contributed by atoms with Crippen LogP contribution in [0.4, 0.5) is 0 Å². The van der Waals surface area contributed by atoms with Crippen molar-refractivity contribution in [1.82, 2.24) is 9.79 Å². The molecule has 2 aromatic rings. The molecule has 0 aliphatic heterocycles. The molecule has 0 fully saturated rings. The first kappa shape index (κ1) is 21.2. The normalized spacial score (nSPS) is 14.4. The summed E-state index contributed by atoms with van der Waals surface area (Å²) in [4.78, 5) is 17.4. The molecule has 0 heterocycles. The lowest BCUT2D eigenvalue weighted by Crippen LogP contribution is -2.32. The zero-order valence-corrected chi connectivity index (χ0v) is 16.6. The first-order chi connectivity index (χ1) is 12.9. The molecule has 2 rings (SSSR count). The second-order valence-electron chi connectivity index (χ2n) is 6.33. The van der Waals surface area contributed by atoms with Crippen LogP contribution in [0.15, 0.2) is 59.5 Å². The molecule has 3 atom stereocenters. The number of hydroxylamine groups is 2. The van der Waals surface area contributed by atoms with Crippen molar-refractivity contribution in [3.8, 4) is 0 Å². The van der Waals surface area contributed by atoms with Gasteiger partial charge in [0.15, 0.2) is 0 Å². The van der Waals surface area contributed by atoms with E-state index in [0.717, 1.165) is 16.2 Å². The van der Waals surface area contributed by atoms with Crippen molar-refractivity contribution in [2.75, 3.05) is 14.2 Å². The summed E-state index contributed by atoms with van der Waals surface area (Å²) in [6.07, 6.45) is -0.736. The predicted octanol–water partition coefficient (Wildman–Crippen LogP) is 2.51. The van der Waals surface area contributed by atoms with Crippen LogP contribution in [-0.2, 0) is 20.6 Å². The summed E-state index contributed by atoms with van der Waals surface area (Å²) in [6, 6.07) is 16.5. The van der Waals surface area contributed by atoms with Crippen molar-refractivity contribution < 1.29 is 18.9 Å². The zero-order valence-electron chi connectivity index (χ0n) is 15.8. The van der Waals surface area contributed by atoms with Crippen molar-refractivity contribution in [2.45, 2.75) is 36.8 Å². The maximum absolute atomic E-state index is 12.7. The van der Waals surface area contributed by atoms with E-state index in [4.69, 9.17) is 4.84 Å². The average molecular weight is 391 g/mol. The Hall–Kier alpha value is -2.06. The Balaban J connectivity index is 2.11. The topological polar surface area (TPSA) is 78.9 Å². The van der Waals surface area contributed by atoms with Gasteiger partial charge in [-0.2, -0.15) is 0 Å². The van der Waals surface area contributed by atoms with Gasteiger partial charge in [0.1, 0.15) is 11.0 Å². The van der Waals surface area contributed by atoms with Crippen LogP contribution in [0.1, 0.15) is 30.0 Å². The number of hydrogen-bond donors (Lipinski definition) is 2. The van der Waals surface area contributed by atoms with Crippen molar-refractivity contribution in [3.63, 3.8) is 0 Å². The fourth-order valence-electron chi connectivity index (χ4n) is 2.58. The lowest BCUT2D eigenvalue weighted by molar-refractivity contribution is -0.170. The summed E-state index contributed by atoms with van der Waals surface area (Å²) in [5, 5.41) is 11.5. The molecule has 0 radical (unpaired) electrons. The van der Waals surface area contributed by atoms with Crippen LogP contribution >= 0.6 is 0 Å². The predicted molar refractivity (Wildman–Crippen MR) is 105 cm³/mol. The van der Waals surface area contributed by atoms with Gasteiger partial charge in [-0.3, -0.25) is 9.63 Å². The first-order valence-corrected chi connectivity index (χ1v) is 9.84. The van der Waals surface area contributed by atoms with Crippen molar-refractivity contribution >= 4 is 16.9 Å². The number of carbonyl (C=O) groups is 1. The number of aryl methyl sites for hydroxylation is 1. The number of benzene rings is 2. The van der Waals surface area contributed by atoms with Gasteiger partial charge in [-0.15, -0.1) is 0 Å². The molecule has 0 saturated heterocycles. The number of rotatable bonds is 9. The highest BCUT2D eigenvalue weighted by molar-refractivity contribution is 7.83. The van der Waals surface area contributed by atoms with Gasteiger partial charge >= 0.3 is 0 Å². The quantitative estimate of drug-likeness (QED) is 0.645. The lowest BCUT2D eigenvalue weighted by atomic mass is 10.00. The largest absolute Gasteiger partial charge is 0.393 e. The molecule has 0 aliphatic carbocycles. The minimum Gasteiger partial charge on any atom is -0.393 e. The third kappa shape index (κ3) is 6.55. The summed E-state index contributed by atoms with van der Waals surface area (Å²) in [7, 11) is 1.44. The maximum Gasteiger partial charge on any atom is 0.248 e. The van der Waals surface area contributed by atoms with Gasteiger partial charge in [0, 0.05) is 13.1 Å². The van der Waals surface area contributed by atoms with Crippen LogP contribution in [0.5, 0.6) is 0 Å². The van der Waals surface area contributed by atoms with Gasteiger partial charge in [0.05, 0.1) is 24.5 Å². The molecule has 2 aromatic carbocycles. The molecule has 7 heteroatoms. The molecule has 146 valence electrons. The smallest absolute Gasteiger partial charge is 0.248 e. The van der Waals surface area contributed by atoms with Crippen molar-refractivity contribution in [2.24, 2.45) is 0 Å². The monoisotopic (exact) mass is 390 g/mol. The third-order valence-corrected chi connectivity index (χ3v) is 5.43. The second kappa shape index (κ2) is 10.3. The molecule has 0 bridgehead atoms. The van der Waals surface area contributed by atoms with E-state index < -0.39 is 17.1 Å². The van der Waals surface area contributed by atoms with Gasteiger partial charge in [0.25, 0.3) is 0 Å². The summed E-state index contributed by atoms with van der Waals surface area (Å²) in [5.41, 5.74) is 1.98. The van der Waals surface area contributed by atoms with E-state index in [1.54, 1.807) is 0 Å². The van der Waals surface area contributed by atoms with E-state index >= 15 is 0 Å². The fourth-order valence-corrected chi connectivity index (χ4v) is 3.59. The number of hydrogen-bond acceptors (Lipinski definition) is 4. The Kier molecular flexibility index (Phi) is 8.12.